The van der Waals surface area contributed by atoms with Crippen LogP contribution in [0.5, 0.6) is 5.75 Å². The Labute approximate surface area is 82.0 Å². The zero-order valence-corrected chi connectivity index (χ0v) is 8.30. The molecule has 0 unspecified atom stereocenters. The van der Waals surface area contributed by atoms with Crippen molar-refractivity contribution in [2.75, 3.05) is 6.26 Å². The average Bonchev–Trinajstić information content (AvgIpc) is 2.16. The molecule has 0 atom stereocenters. The van der Waals surface area contributed by atoms with Crippen LogP contribution in [0.2, 0.25) is 0 Å². The van der Waals surface area contributed by atoms with E-state index in [0.717, 1.165) is 12.0 Å². The first kappa shape index (κ1) is 10.1. The Hall–Kier alpha value is -0.960. The molecule has 1 N–H and O–H groups in total. The van der Waals surface area contributed by atoms with Gasteiger partial charge in [-0.15, -0.1) is 0 Å². The van der Waals surface area contributed by atoms with Gasteiger partial charge in [0.1, 0.15) is 5.75 Å². The molecule has 0 heterocycles. The minimum atomic E-state index is 0.202. The zero-order valence-electron chi connectivity index (χ0n) is 7.49. The molecule has 0 aliphatic heterocycles. The molecular weight excluding hydrogens is 184 g/mol. The number of carbonyl (C=O) groups excluding carboxylic acids is 1. The molecule has 2 nitrogen and oxygen atoms in total. The smallest absolute Gasteiger partial charge is 0.189 e. The summed E-state index contributed by atoms with van der Waals surface area (Å²) < 4.78 is 0. The van der Waals surface area contributed by atoms with E-state index in [1.165, 1.54) is 11.8 Å². The fourth-order valence-electron chi connectivity index (χ4n) is 1.01. The van der Waals surface area contributed by atoms with Crippen LogP contribution in [0.4, 0.5) is 0 Å². The monoisotopic (exact) mass is 196 g/mol. The molecule has 0 aromatic heterocycles. The summed E-state index contributed by atoms with van der Waals surface area (Å²) in [5.41, 5.74) is 1.08. The summed E-state index contributed by atoms with van der Waals surface area (Å²) >= 11 is 1.26. The molecule has 0 saturated heterocycles. The molecule has 1 rings (SSSR count). The lowest BCUT2D eigenvalue weighted by Gasteiger charge is -1.99. The molecule has 3 heteroatoms. The quantitative estimate of drug-likeness (QED) is 0.805. The van der Waals surface area contributed by atoms with Gasteiger partial charge in [-0.05, 0) is 30.4 Å². The van der Waals surface area contributed by atoms with Gasteiger partial charge >= 0.3 is 0 Å². The summed E-state index contributed by atoms with van der Waals surface area (Å²) in [6, 6.07) is 6.95. The second-order valence-electron chi connectivity index (χ2n) is 2.74. The van der Waals surface area contributed by atoms with Crippen LogP contribution in [0, 0.1) is 0 Å². The maximum atomic E-state index is 11.0. The average molecular weight is 196 g/mol. The van der Waals surface area contributed by atoms with Crippen molar-refractivity contribution in [1.82, 2.24) is 0 Å². The predicted molar refractivity (Wildman–Crippen MR) is 54.9 cm³/mol. The minimum absolute atomic E-state index is 0.202. The lowest BCUT2D eigenvalue weighted by Crippen LogP contribution is -1.93. The van der Waals surface area contributed by atoms with Gasteiger partial charge in [0.15, 0.2) is 5.12 Å². The number of phenols is 1. The van der Waals surface area contributed by atoms with Crippen LogP contribution in [0.1, 0.15) is 12.0 Å². The normalized spacial score (nSPS) is 9.92. The molecule has 0 spiro atoms. The number of phenolic OH excluding ortho intramolecular Hbond substituents is 1. The lowest BCUT2D eigenvalue weighted by molar-refractivity contribution is -0.110. The van der Waals surface area contributed by atoms with Crippen molar-refractivity contribution in [3.63, 3.8) is 0 Å². The third kappa shape index (κ3) is 3.51. The highest BCUT2D eigenvalue weighted by molar-refractivity contribution is 8.13. The fourth-order valence-corrected chi connectivity index (χ4v) is 1.32. The number of aryl methyl sites for hydroxylation is 1. The Morgan fingerprint density at radius 3 is 2.54 bits per heavy atom. The molecular formula is C10H12O2S. The van der Waals surface area contributed by atoms with Crippen LogP contribution in [-0.4, -0.2) is 16.5 Å². The molecule has 13 heavy (non-hydrogen) atoms. The van der Waals surface area contributed by atoms with Crippen LogP contribution in [-0.2, 0) is 11.2 Å². The van der Waals surface area contributed by atoms with Gasteiger partial charge in [0.2, 0.25) is 0 Å². The van der Waals surface area contributed by atoms with E-state index in [9.17, 15) is 4.79 Å². The summed E-state index contributed by atoms with van der Waals surface area (Å²) in [6.07, 6.45) is 3.10. The van der Waals surface area contributed by atoms with Crippen molar-refractivity contribution >= 4 is 16.9 Å². The topological polar surface area (TPSA) is 37.3 Å². The molecule has 1 aromatic carbocycles. The van der Waals surface area contributed by atoms with Crippen molar-refractivity contribution in [3.05, 3.63) is 29.8 Å². The SMILES string of the molecule is CSC(=O)CCc1ccc(O)cc1. The summed E-state index contributed by atoms with van der Waals surface area (Å²) in [5.74, 6) is 0.264. The Balaban J connectivity index is 2.46. The van der Waals surface area contributed by atoms with E-state index in [2.05, 4.69) is 0 Å². The number of aromatic hydroxyl groups is 1. The van der Waals surface area contributed by atoms with Crippen LogP contribution >= 0.6 is 11.8 Å². The van der Waals surface area contributed by atoms with Crippen LogP contribution < -0.4 is 0 Å². The number of benzene rings is 1. The highest BCUT2D eigenvalue weighted by Gasteiger charge is 1.99. The highest BCUT2D eigenvalue weighted by Crippen LogP contribution is 2.12. The van der Waals surface area contributed by atoms with Crippen LogP contribution in [0.15, 0.2) is 24.3 Å². The minimum Gasteiger partial charge on any atom is -0.508 e. The number of hydrogen-bond acceptors (Lipinski definition) is 3. The van der Waals surface area contributed by atoms with E-state index in [4.69, 9.17) is 5.11 Å². The van der Waals surface area contributed by atoms with Gasteiger partial charge in [0, 0.05) is 6.42 Å². The molecule has 0 bridgehead atoms. The molecule has 1 aromatic rings. The molecule has 0 aliphatic rings. The summed E-state index contributed by atoms with van der Waals surface area (Å²) in [6.45, 7) is 0. The lowest BCUT2D eigenvalue weighted by atomic mass is 10.1. The van der Waals surface area contributed by atoms with Gasteiger partial charge in [-0.25, -0.2) is 0 Å². The second kappa shape index (κ2) is 4.92. The molecule has 0 radical (unpaired) electrons. The molecule has 0 saturated carbocycles. The van der Waals surface area contributed by atoms with Crippen molar-refractivity contribution in [2.24, 2.45) is 0 Å². The van der Waals surface area contributed by atoms with Crippen molar-refractivity contribution < 1.29 is 9.90 Å². The number of hydrogen-bond donors (Lipinski definition) is 1. The van der Waals surface area contributed by atoms with Crippen molar-refractivity contribution in [1.29, 1.82) is 0 Å². The van der Waals surface area contributed by atoms with Gasteiger partial charge in [0.05, 0.1) is 0 Å². The molecule has 70 valence electrons. The van der Waals surface area contributed by atoms with E-state index in [1.54, 1.807) is 18.4 Å². The maximum Gasteiger partial charge on any atom is 0.189 e. The first-order chi connectivity index (χ1) is 6.22. The van der Waals surface area contributed by atoms with Gasteiger partial charge in [0.25, 0.3) is 0 Å². The van der Waals surface area contributed by atoms with Gasteiger partial charge in [-0.2, -0.15) is 0 Å². The van der Waals surface area contributed by atoms with E-state index in [1.807, 2.05) is 12.1 Å². The third-order valence-electron chi connectivity index (χ3n) is 1.78. The van der Waals surface area contributed by atoms with Crippen LogP contribution in [0.3, 0.4) is 0 Å². The third-order valence-corrected chi connectivity index (χ3v) is 2.44. The van der Waals surface area contributed by atoms with Gasteiger partial charge in [-0.3, -0.25) is 4.79 Å². The Kier molecular flexibility index (Phi) is 3.83. The van der Waals surface area contributed by atoms with E-state index < -0.39 is 0 Å². The Morgan fingerprint density at radius 1 is 1.38 bits per heavy atom. The first-order valence-corrected chi connectivity index (χ1v) is 5.29. The van der Waals surface area contributed by atoms with Gasteiger partial charge in [-0.1, -0.05) is 23.9 Å². The number of carbonyl (C=O) groups is 1. The first-order valence-electron chi connectivity index (χ1n) is 4.07. The Bertz CT molecular complexity index is 279. The van der Waals surface area contributed by atoms with Gasteiger partial charge < -0.3 is 5.11 Å². The van der Waals surface area contributed by atoms with E-state index in [0.29, 0.717) is 6.42 Å². The predicted octanol–water partition coefficient (Wildman–Crippen LogP) is 2.21. The van der Waals surface area contributed by atoms with E-state index >= 15 is 0 Å². The molecule has 0 aliphatic carbocycles. The Morgan fingerprint density at radius 2 is 2.00 bits per heavy atom. The molecule has 0 amide bonds. The maximum absolute atomic E-state index is 11.0. The second-order valence-corrected chi connectivity index (χ2v) is 3.61. The summed E-state index contributed by atoms with van der Waals surface area (Å²) in [7, 11) is 0. The van der Waals surface area contributed by atoms with E-state index in [-0.39, 0.29) is 10.9 Å². The number of rotatable bonds is 3. The van der Waals surface area contributed by atoms with Crippen molar-refractivity contribution in [2.45, 2.75) is 12.8 Å². The summed E-state index contributed by atoms with van der Waals surface area (Å²) in [5, 5.41) is 9.21. The van der Waals surface area contributed by atoms with Crippen LogP contribution in [0.25, 0.3) is 0 Å². The standard InChI is InChI=1S/C10H12O2S/c1-13-10(12)7-4-8-2-5-9(11)6-3-8/h2-3,5-6,11H,4,7H2,1H3. The zero-order chi connectivity index (χ0) is 9.68. The highest BCUT2D eigenvalue weighted by atomic mass is 32.2. The largest absolute Gasteiger partial charge is 0.508 e. The fraction of sp³-hybridized carbons (Fsp3) is 0.300. The number of thioether (sulfide) groups is 1. The van der Waals surface area contributed by atoms with Crippen molar-refractivity contribution in [3.8, 4) is 5.75 Å². The summed E-state index contributed by atoms with van der Waals surface area (Å²) in [4.78, 5) is 11.0. The molecule has 0 fully saturated rings.